The minimum absolute atomic E-state index is 0.322. The lowest BCUT2D eigenvalue weighted by Gasteiger charge is -2.17. The number of sulfonamides is 1. The molecule has 106 valence electrons. The molecular formula is C15H17NO2S2. The Bertz CT molecular complexity index is 652. The molecule has 2 aromatic carbocycles. The first-order valence-electron chi connectivity index (χ1n) is 6.18. The molecule has 0 spiro atoms. The van der Waals surface area contributed by atoms with Crippen molar-refractivity contribution in [1.82, 2.24) is 4.31 Å². The van der Waals surface area contributed by atoms with E-state index in [2.05, 4.69) is 0 Å². The topological polar surface area (TPSA) is 37.4 Å². The molecule has 0 aliphatic heterocycles. The van der Waals surface area contributed by atoms with Gasteiger partial charge in [0.05, 0.1) is 4.90 Å². The molecule has 0 saturated heterocycles. The summed E-state index contributed by atoms with van der Waals surface area (Å²) in [5, 5.41) is 0. The maximum absolute atomic E-state index is 12.4. The summed E-state index contributed by atoms with van der Waals surface area (Å²) in [6.45, 7) is 0.367. The molecule has 0 radical (unpaired) electrons. The van der Waals surface area contributed by atoms with E-state index in [1.807, 2.05) is 30.5 Å². The summed E-state index contributed by atoms with van der Waals surface area (Å²) in [6, 6.07) is 16.4. The van der Waals surface area contributed by atoms with Crippen LogP contribution in [-0.4, -0.2) is 26.0 Å². The van der Waals surface area contributed by atoms with E-state index in [-0.39, 0.29) is 0 Å². The van der Waals surface area contributed by atoms with Crippen LogP contribution in [0.2, 0.25) is 0 Å². The molecule has 0 unspecified atom stereocenters. The van der Waals surface area contributed by atoms with Crippen LogP contribution in [0.1, 0.15) is 5.56 Å². The Kier molecular flexibility index (Phi) is 4.86. The summed E-state index contributed by atoms with van der Waals surface area (Å²) in [4.78, 5) is 1.49. The largest absolute Gasteiger partial charge is 0.243 e. The maximum Gasteiger partial charge on any atom is 0.243 e. The number of rotatable bonds is 5. The van der Waals surface area contributed by atoms with Crippen LogP contribution in [-0.2, 0) is 16.6 Å². The molecule has 0 atom stereocenters. The first-order chi connectivity index (χ1) is 9.54. The first kappa shape index (κ1) is 15.1. The van der Waals surface area contributed by atoms with Crippen LogP contribution in [0.5, 0.6) is 0 Å². The van der Waals surface area contributed by atoms with Crippen LogP contribution < -0.4 is 0 Å². The van der Waals surface area contributed by atoms with Crippen molar-refractivity contribution in [3.63, 3.8) is 0 Å². The second-order valence-corrected chi connectivity index (χ2v) is 7.35. The van der Waals surface area contributed by atoms with Crippen LogP contribution in [0.3, 0.4) is 0 Å². The minimum Gasteiger partial charge on any atom is -0.207 e. The fourth-order valence-electron chi connectivity index (χ4n) is 1.85. The van der Waals surface area contributed by atoms with Gasteiger partial charge in [0.15, 0.2) is 0 Å². The highest BCUT2D eigenvalue weighted by molar-refractivity contribution is 7.98. The summed E-state index contributed by atoms with van der Waals surface area (Å²) in [5.41, 5.74) is 0.977. The van der Waals surface area contributed by atoms with Crippen LogP contribution in [0, 0.1) is 0 Å². The number of hydrogen-bond donors (Lipinski definition) is 0. The van der Waals surface area contributed by atoms with Crippen molar-refractivity contribution in [2.45, 2.75) is 16.3 Å². The Hall–Kier alpha value is -1.30. The molecule has 3 nitrogen and oxygen atoms in total. The van der Waals surface area contributed by atoms with Crippen LogP contribution in [0.25, 0.3) is 0 Å². The lowest BCUT2D eigenvalue weighted by atomic mass is 10.2. The van der Waals surface area contributed by atoms with E-state index < -0.39 is 10.0 Å². The molecule has 0 N–H and O–H groups in total. The van der Waals surface area contributed by atoms with E-state index in [0.29, 0.717) is 11.4 Å². The third-order valence-corrected chi connectivity index (χ3v) is 5.58. The Morgan fingerprint density at radius 2 is 1.60 bits per heavy atom. The third kappa shape index (κ3) is 3.42. The predicted octanol–water partition coefficient (Wildman–Crippen LogP) is 3.23. The molecule has 20 heavy (non-hydrogen) atoms. The van der Waals surface area contributed by atoms with Crippen molar-refractivity contribution >= 4 is 21.8 Å². The molecule has 2 aromatic rings. The number of benzene rings is 2. The van der Waals surface area contributed by atoms with Gasteiger partial charge < -0.3 is 0 Å². The zero-order valence-electron chi connectivity index (χ0n) is 11.5. The van der Waals surface area contributed by atoms with E-state index in [1.54, 1.807) is 49.1 Å². The van der Waals surface area contributed by atoms with Crippen molar-refractivity contribution in [3.05, 3.63) is 60.2 Å². The lowest BCUT2D eigenvalue weighted by Crippen LogP contribution is -2.26. The van der Waals surface area contributed by atoms with Gasteiger partial charge in [-0.3, -0.25) is 0 Å². The normalized spacial score (nSPS) is 11.8. The zero-order chi connectivity index (χ0) is 14.6. The molecule has 0 aliphatic carbocycles. The molecule has 0 fully saturated rings. The summed E-state index contributed by atoms with van der Waals surface area (Å²) < 4.78 is 26.1. The van der Waals surface area contributed by atoms with E-state index in [9.17, 15) is 8.42 Å². The van der Waals surface area contributed by atoms with Gasteiger partial charge in [-0.05, 0) is 36.1 Å². The van der Waals surface area contributed by atoms with Crippen LogP contribution in [0.15, 0.2) is 64.4 Å². The third-order valence-electron chi connectivity index (χ3n) is 3.02. The van der Waals surface area contributed by atoms with Crippen LogP contribution in [0.4, 0.5) is 0 Å². The van der Waals surface area contributed by atoms with Gasteiger partial charge in [0.1, 0.15) is 0 Å². The smallest absolute Gasteiger partial charge is 0.207 e. The first-order valence-corrected chi connectivity index (χ1v) is 8.85. The van der Waals surface area contributed by atoms with Crippen LogP contribution >= 0.6 is 11.8 Å². The second-order valence-electron chi connectivity index (χ2n) is 4.42. The van der Waals surface area contributed by atoms with Gasteiger partial charge >= 0.3 is 0 Å². The minimum atomic E-state index is -3.42. The SMILES string of the molecule is CSc1ccc(CN(C)S(=O)(=O)c2ccccc2)cc1. The quantitative estimate of drug-likeness (QED) is 0.796. The average Bonchev–Trinajstić information content (AvgIpc) is 2.49. The fraction of sp³-hybridized carbons (Fsp3) is 0.200. The summed E-state index contributed by atoms with van der Waals surface area (Å²) in [6.07, 6.45) is 2.01. The van der Waals surface area contributed by atoms with Gasteiger partial charge in [-0.2, -0.15) is 4.31 Å². The van der Waals surface area contributed by atoms with Gasteiger partial charge in [0.2, 0.25) is 10.0 Å². The standard InChI is InChI=1S/C15H17NO2S2/c1-16(12-13-8-10-14(19-2)11-9-13)20(17,18)15-6-4-3-5-7-15/h3-11H,12H2,1-2H3. The molecule has 0 heterocycles. The molecular weight excluding hydrogens is 290 g/mol. The second kappa shape index (κ2) is 6.43. The van der Waals surface area contributed by atoms with Gasteiger partial charge in [-0.15, -0.1) is 11.8 Å². The molecule has 5 heteroatoms. The number of thioether (sulfide) groups is 1. The highest BCUT2D eigenvalue weighted by Gasteiger charge is 2.20. The van der Waals surface area contributed by atoms with Gasteiger partial charge in [0, 0.05) is 18.5 Å². The number of nitrogens with zero attached hydrogens (tertiary/aromatic N) is 1. The molecule has 0 amide bonds. The molecule has 2 rings (SSSR count). The average molecular weight is 307 g/mol. The van der Waals surface area contributed by atoms with Crippen molar-refractivity contribution < 1.29 is 8.42 Å². The number of hydrogen-bond acceptors (Lipinski definition) is 3. The summed E-state index contributed by atoms with van der Waals surface area (Å²) in [7, 11) is -1.82. The Balaban J connectivity index is 2.16. The van der Waals surface area contributed by atoms with E-state index in [4.69, 9.17) is 0 Å². The maximum atomic E-state index is 12.4. The fourth-order valence-corrected chi connectivity index (χ4v) is 3.43. The molecule has 0 aliphatic rings. The Labute approximate surface area is 124 Å². The van der Waals surface area contributed by atoms with Crippen molar-refractivity contribution in [2.75, 3.05) is 13.3 Å². The summed E-state index contributed by atoms with van der Waals surface area (Å²) in [5.74, 6) is 0. The monoisotopic (exact) mass is 307 g/mol. The van der Waals surface area contributed by atoms with Crippen molar-refractivity contribution in [1.29, 1.82) is 0 Å². The molecule has 0 aromatic heterocycles. The van der Waals surface area contributed by atoms with E-state index in [0.717, 1.165) is 5.56 Å². The van der Waals surface area contributed by atoms with E-state index in [1.165, 1.54) is 9.20 Å². The van der Waals surface area contributed by atoms with Crippen molar-refractivity contribution in [3.8, 4) is 0 Å². The predicted molar refractivity (Wildman–Crippen MR) is 83.3 cm³/mol. The molecule has 0 saturated carbocycles. The molecule has 0 bridgehead atoms. The van der Waals surface area contributed by atoms with Gasteiger partial charge in [0.25, 0.3) is 0 Å². The van der Waals surface area contributed by atoms with Gasteiger partial charge in [-0.25, -0.2) is 8.42 Å². The van der Waals surface area contributed by atoms with Crippen molar-refractivity contribution in [2.24, 2.45) is 0 Å². The highest BCUT2D eigenvalue weighted by Crippen LogP contribution is 2.19. The van der Waals surface area contributed by atoms with Gasteiger partial charge in [-0.1, -0.05) is 30.3 Å². The lowest BCUT2D eigenvalue weighted by molar-refractivity contribution is 0.466. The Morgan fingerprint density at radius 3 is 2.15 bits per heavy atom. The summed E-state index contributed by atoms with van der Waals surface area (Å²) >= 11 is 1.67. The zero-order valence-corrected chi connectivity index (χ0v) is 13.1. The highest BCUT2D eigenvalue weighted by atomic mass is 32.2. The Morgan fingerprint density at radius 1 is 1.00 bits per heavy atom. The van der Waals surface area contributed by atoms with E-state index >= 15 is 0 Å².